The molecule has 0 saturated carbocycles. The van der Waals surface area contributed by atoms with Crippen LogP contribution in [0.2, 0.25) is 0 Å². The summed E-state index contributed by atoms with van der Waals surface area (Å²) in [5, 5.41) is 4.45. The third kappa shape index (κ3) is 3.45. The minimum atomic E-state index is 0.0937. The largest absolute Gasteiger partial charge is 0.368 e. The summed E-state index contributed by atoms with van der Waals surface area (Å²) in [5.74, 6) is 0.0937. The molecule has 0 spiro atoms. The number of nitrogens with zero attached hydrogens (tertiary/aromatic N) is 4. The molecule has 1 aliphatic rings. The van der Waals surface area contributed by atoms with Gasteiger partial charge in [0.25, 0.3) is 5.91 Å². The van der Waals surface area contributed by atoms with E-state index < -0.39 is 0 Å². The summed E-state index contributed by atoms with van der Waals surface area (Å²) >= 11 is 0. The number of carbonyl (C=O) groups excluding carboxylic acids is 1. The molecule has 3 rings (SSSR count). The lowest BCUT2D eigenvalue weighted by Crippen LogP contribution is -2.49. The first-order chi connectivity index (χ1) is 11.6. The van der Waals surface area contributed by atoms with Crippen molar-refractivity contribution in [2.45, 2.75) is 26.7 Å². The molecule has 2 aromatic rings. The van der Waals surface area contributed by atoms with Gasteiger partial charge in [-0.2, -0.15) is 5.10 Å². The Morgan fingerprint density at radius 2 is 1.92 bits per heavy atom. The zero-order valence-electron chi connectivity index (χ0n) is 14.8. The van der Waals surface area contributed by atoms with Gasteiger partial charge in [0.2, 0.25) is 0 Å². The van der Waals surface area contributed by atoms with Gasteiger partial charge in [-0.15, -0.1) is 0 Å². The number of carbonyl (C=O) groups is 1. The van der Waals surface area contributed by atoms with Gasteiger partial charge in [0, 0.05) is 38.9 Å². The van der Waals surface area contributed by atoms with Gasteiger partial charge in [0.15, 0.2) is 0 Å². The van der Waals surface area contributed by atoms with Crippen LogP contribution in [0.15, 0.2) is 30.3 Å². The van der Waals surface area contributed by atoms with Crippen molar-refractivity contribution in [2.75, 3.05) is 31.1 Å². The van der Waals surface area contributed by atoms with E-state index >= 15 is 0 Å². The lowest BCUT2D eigenvalue weighted by molar-refractivity contribution is 0.0735. The number of amides is 1. The highest BCUT2D eigenvalue weighted by atomic mass is 16.2. The van der Waals surface area contributed by atoms with Gasteiger partial charge in [-0.05, 0) is 37.1 Å². The molecule has 1 saturated heterocycles. The minimum Gasteiger partial charge on any atom is -0.368 e. The Balaban J connectivity index is 1.65. The minimum absolute atomic E-state index is 0.0937. The molecule has 1 amide bonds. The number of rotatable bonds is 4. The summed E-state index contributed by atoms with van der Waals surface area (Å²) < 4.78 is 1.72. The van der Waals surface area contributed by atoms with Crippen molar-refractivity contribution < 1.29 is 4.79 Å². The summed E-state index contributed by atoms with van der Waals surface area (Å²) in [5.41, 5.74) is 4.21. The van der Waals surface area contributed by atoms with Crippen LogP contribution in [0.3, 0.4) is 0 Å². The number of benzene rings is 1. The highest BCUT2D eigenvalue weighted by Crippen LogP contribution is 2.19. The molecule has 0 unspecified atom stereocenters. The van der Waals surface area contributed by atoms with Crippen LogP contribution in [0.4, 0.5) is 5.69 Å². The third-order valence-corrected chi connectivity index (χ3v) is 4.59. The Bertz CT molecular complexity index is 714. The van der Waals surface area contributed by atoms with Gasteiger partial charge in [-0.25, -0.2) is 0 Å². The highest BCUT2D eigenvalue weighted by Gasteiger charge is 2.24. The Morgan fingerprint density at radius 3 is 2.58 bits per heavy atom. The van der Waals surface area contributed by atoms with E-state index in [1.807, 2.05) is 18.0 Å². The second-order valence-electron chi connectivity index (χ2n) is 6.51. The SMILES string of the molecule is CCCc1cc(C(=O)N2CCN(c3cccc(C)c3)CC2)n(C)n1. The van der Waals surface area contributed by atoms with Crippen molar-refractivity contribution in [1.29, 1.82) is 0 Å². The van der Waals surface area contributed by atoms with Gasteiger partial charge in [-0.1, -0.05) is 25.5 Å². The van der Waals surface area contributed by atoms with Crippen LogP contribution in [0.1, 0.15) is 35.1 Å². The molecule has 1 aromatic heterocycles. The van der Waals surface area contributed by atoms with E-state index in [4.69, 9.17) is 0 Å². The van der Waals surface area contributed by atoms with Crippen molar-refractivity contribution >= 4 is 11.6 Å². The van der Waals surface area contributed by atoms with Crippen LogP contribution in [-0.4, -0.2) is 46.8 Å². The van der Waals surface area contributed by atoms with E-state index in [1.54, 1.807) is 4.68 Å². The molecule has 5 heteroatoms. The maximum Gasteiger partial charge on any atom is 0.272 e. The Kier molecular flexibility index (Phi) is 4.88. The Hall–Kier alpha value is -2.30. The molecule has 5 nitrogen and oxygen atoms in total. The molecule has 24 heavy (non-hydrogen) atoms. The molecular formula is C19H26N4O. The van der Waals surface area contributed by atoms with Crippen LogP contribution < -0.4 is 4.90 Å². The molecular weight excluding hydrogens is 300 g/mol. The predicted octanol–water partition coefficient (Wildman–Crippen LogP) is 2.64. The lowest BCUT2D eigenvalue weighted by Gasteiger charge is -2.36. The Labute approximate surface area is 143 Å². The first kappa shape index (κ1) is 16.6. The maximum atomic E-state index is 12.8. The average molecular weight is 326 g/mol. The number of hydrogen-bond donors (Lipinski definition) is 0. The predicted molar refractivity (Wildman–Crippen MR) is 96.5 cm³/mol. The standard InChI is InChI=1S/C19H26N4O/c1-4-6-16-14-18(21(3)20-16)19(24)23-11-9-22(10-12-23)17-8-5-7-15(2)13-17/h5,7-8,13-14H,4,6,9-12H2,1-3H3. The van der Waals surface area contributed by atoms with Gasteiger partial charge in [0.05, 0.1) is 5.69 Å². The summed E-state index contributed by atoms with van der Waals surface area (Å²) in [4.78, 5) is 17.1. The smallest absolute Gasteiger partial charge is 0.272 e. The van der Waals surface area contributed by atoms with Gasteiger partial charge in [-0.3, -0.25) is 9.48 Å². The zero-order valence-corrected chi connectivity index (χ0v) is 14.8. The first-order valence-corrected chi connectivity index (χ1v) is 8.72. The monoisotopic (exact) mass is 326 g/mol. The maximum absolute atomic E-state index is 12.8. The normalized spacial score (nSPS) is 15.0. The van der Waals surface area contributed by atoms with Crippen LogP contribution in [-0.2, 0) is 13.5 Å². The molecule has 128 valence electrons. The fourth-order valence-electron chi connectivity index (χ4n) is 3.26. The second kappa shape index (κ2) is 7.07. The van der Waals surface area contributed by atoms with Crippen molar-refractivity contribution in [3.05, 3.63) is 47.3 Å². The van der Waals surface area contributed by atoms with E-state index in [2.05, 4.69) is 48.1 Å². The van der Waals surface area contributed by atoms with Crippen molar-refractivity contribution in [2.24, 2.45) is 7.05 Å². The first-order valence-electron chi connectivity index (χ1n) is 8.72. The summed E-state index contributed by atoms with van der Waals surface area (Å²) in [7, 11) is 1.86. The number of hydrogen-bond acceptors (Lipinski definition) is 3. The topological polar surface area (TPSA) is 41.4 Å². The van der Waals surface area contributed by atoms with Crippen LogP contribution >= 0.6 is 0 Å². The molecule has 0 N–H and O–H groups in total. The third-order valence-electron chi connectivity index (χ3n) is 4.59. The molecule has 2 heterocycles. The molecule has 0 atom stereocenters. The number of aryl methyl sites for hydroxylation is 3. The van der Waals surface area contributed by atoms with Gasteiger partial charge < -0.3 is 9.80 Å². The zero-order chi connectivity index (χ0) is 17.1. The number of anilines is 1. The molecule has 1 aliphatic heterocycles. The Morgan fingerprint density at radius 1 is 1.17 bits per heavy atom. The molecule has 0 aliphatic carbocycles. The van der Waals surface area contributed by atoms with Crippen LogP contribution in [0.5, 0.6) is 0 Å². The average Bonchev–Trinajstić information content (AvgIpc) is 2.95. The van der Waals surface area contributed by atoms with Gasteiger partial charge in [0.1, 0.15) is 5.69 Å². The molecule has 1 aromatic carbocycles. The summed E-state index contributed by atoms with van der Waals surface area (Å²) in [6, 6.07) is 10.5. The summed E-state index contributed by atoms with van der Waals surface area (Å²) in [6.45, 7) is 7.48. The number of piperazine rings is 1. The van der Waals surface area contributed by atoms with E-state index in [0.29, 0.717) is 5.69 Å². The van der Waals surface area contributed by atoms with E-state index in [-0.39, 0.29) is 5.91 Å². The van der Waals surface area contributed by atoms with Crippen molar-refractivity contribution in [3.63, 3.8) is 0 Å². The molecule has 1 fully saturated rings. The number of aromatic nitrogens is 2. The molecule has 0 radical (unpaired) electrons. The van der Waals surface area contributed by atoms with Crippen LogP contribution in [0, 0.1) is 6.92 Å². The van der Waals surface area contributed by atoms with E-state index in [9.17, 15) is 4.79 Å². The van der Waals surface area contributed by atoms with Crippen molar-refractivity contribution in [1.82, 2.24) is 14.7 Å². The highest BCUT2D eigenvalue weighted by molar-refractivity contribution is 5.92. The fourth-order valence-corrected chi connectivity index (χ4v) is 3.26. The molecule has 0 bridgehead atoms. The quantitative estimate of drug-likeness (QED) is 0.867. The fraction of sp³-hybridized carbons (Fsp3) is 0.474. The van der Waals surface area contributed by atoms with Gasteiger partial charge >= 0.3 is 0 Å². The van der Waals surface area contributed by atoms with E-state index in [0.717, 1.165) is 44.7 Å². The summed E-state index contributed by atoms with van der Waals surface area (Å²) in [6.07, 6.45) is 1.96. The van der Waals surface area contributed by atoms with Crippen molar-refractivity contribution in [3.8, 4) is 0 Å². The second-order valence-corrected chi connectivity index (χ2v) is 6.51. The van der Waals surface area contributed by atoms with Crippen LogP contribution in [0.25, 0.3) is 0 Å². The van der Waals surface area contributed by atoms with E-state index in [1.165, 1.54) is 11.3 Å². The lowest BCUT2D eigenvalue weighted by atomic mass is 10.2.